The van der Waals surface area contributed by atoms with E-state index in [9.17, 15) is 12.3 Å². The first kappa shape index (κ1) is 15.2. The summed E-state index contributed by atoms with van der Waals surface area (Å²) in [4.78, 5) is 0. The smallest absolute Gasteiger partial charge is 0.248 e. The highest BCUT2D eigenvalue weighted by Gasteiger charge is 2.44. The van der Waals surface area contributed by atoms with Crippen LogP contribution in [0.1, 0.15) is 41.5 Å². The number of rotatable bonds is 4. The Morgan fingerprint density at radius 1 is 0.800 bits per heavy atom. The normalized spacial score (nSPS) is 14.1. The summed E-state index contributed by atoms with van der Waals surface area (Å²) in [5.74, 6) is 0. The van der Waals surface area contributed by atoms with Gasteiger partial charge in [-0.05, 0) is 24.0 Å². The zero-order valence-corrected chi connectivity index (χ0v) is 12.2. The summed E-state index contributed by atoms with van der Waals surface area (Å²) in [6.07, 6.45) is 0. The Morgan fingerprint density at radius 3 is 1.13 bits per heavy atom. The Morgan fingerprint density at radius 2 is 1.07 bits per heavy atom. The highest BCUT2D eigenvalue weighted by Crippen LogP contribution is 2.63. The molecule has 0 saturated carbocycles. The average Bonchev–Trinajstić information content (AvgIpc) is 1.96. The van der Waals surface area contributed by atoms with Crippen LogP contribution in [0.2, 0.25) is 0 Å². The molecule has 0 radical (unpaired) electrons. The van der Waals surface area contributed by atoms with Gasteiger partial charge in [-0.25, -0.2) is 16.7 Å². The SMILES string of the molecule is CC(C)P(=N[Si](F)(F)F)(C(C)C)C(C)C. The van der Waals surface area contributed by atoms with Crippen LogP contribution in [0.4, 0.5) is 12.3 Å². The average molecular weight is 259 g/mol. The molecule has 0 saturated heterocycles. The fourth-order valence-electron chi connectivity index (χ4n) is 2.33. The van der Waals surface area contributed by atoms with E-state index in [1.165, 1.54) is 0 Å². The van der Waals surface area contributed by atoms with Crippen molar-refractivity contribution in [3.05, 3.63) is 0 Å². The number of hydrogen-bond acceptors (Lipinski definition) is 1. The summed E-state index contributed by atoms with van der Waals surface area (Å²) in [5, 5.41) is 0. The van der Waals surface area contributed by atoms with E-state index in [4.69, 9.17) is 0 Å². The van der Waals surface area contributed by atoms with Gasteiger partial charge < -0.3 is 0 Å². The quantitative estimate of drug-likeness (QED) is 0.392. The van der Waals surface area contributed by atoms with E-state index in [1.807, 2.05) is 41.5 Å². The molecule has 0 amide bonds. The number of nitrogens with zero attached hydrogens (tertiary/aromatic N) is 1. The Hall–Kier alpha value is 0.237. The summed E-state index contributed by atoms with van der Waals surface area (Å²) < 4.78 is 41.3. The summed E-state index contributed by atoms with van der Waals surface area (Å²) >= 11 is 0. The van der Waals surface area contributed by atoms with Crippen molar-refractivity contribution in [2.24, 2.45) is 4.41 Å². The van der Waals surface area contributed by atoms with Gasteiger partial charge in [0.25, 0.3) is 0 Å². The molecule has 0 aliphatic carbocycles. The minimum absolute atomic E-state index is 0.0200. The summed E-state index contributed by atoms with van der Waals surface area (Å²) in [5.41, 5.74) is 0.0601. The van der Waals surface area contributed by atoms with Gasteiger partial charge >= 0.3 is 9.24 Å². The number of hydrogen-bond donors (Lipinski definition) is 0. The van der Waals surface area contributed by atoms with E-state index < -0.39 is 16.3 Å². The lowest BCUT2D eigenvalue weighted by atomic mass is 10.5. The van der Waals surface area contributed by atoms with Crippen molar-refractivity contribution in [2.45, 2.75) is 58.5 Å². The molecule has 1 nitrogen and oxygen atoms in total. The van der Waals surface area contributed by atoms with Crippen molar-refractivity contribution < 1.29 is 12.3 Å². The fraction of sp³-hybridized carbons (Fsp3) is 1.00. The first-order valence-electron chi connectivity index (χ1n) is 5.23. The second-order valence-corrected chi connectivity index (χ2v) is 11.1. The van der Waals surface area contributed by atoms with Crippen LogP contribution in [0.25, 0.3) is 0 Å². The van der Waals surface area contributed by atoms with Crippen LogP contribution >= 0.6 is 7.05 Å². The van der Waals surface area contributed by atoms with Crippen molar-refractivity contribution in [3.8, 4) is 0 Å². The van der Waals surface area contributed by atoms with Gasteiger partial charge in [0.2, 0.25) is 0 Å². The lowest BCUT2D eigenvalue weighted by molar-refractivity contribution is 0.476. The predicted octanol–water partition coefficient (Wildman–Crippen LogP) is 4.76. The van der Waals surface area contributed by atoms with Crippen LogP contribution in [-0.4, -0.2) is 26.2 Å². The molecule has 0 fully saturated rings. The zero-order chi connectivity index (χ0) is 12.4. The highest BCUT2D eigenvalue weighted by molar-refractivity contribution is 7.69. The third-order valence-electron chi connectivity index (χ3n) is 2.77. The largest absolute Gasteiger partial charge is 0.772 e. The van der Waals surface area contributed by atoms with Crippen LogP contribution in [0.15, 0.2) is 4.41 Å². The molecule has 0 heterocycles. The second-order valence-electron chi connectivity index (χ2n) is 4.64. The van der Waals surface area contributed by atoms with Gasteiger partial charge in [-0.1, -0.05) is 41.5 Å². The molecule has 0 unspecified atom stereocenters. The summed E-state index contributed by atoms with van der Waals surface area (Å²) in [6.45, 7) is 11.2. The number of halogens is 3. The van der Waals surface area contributed by atoms with Crippen molar-refractivity contribution in [3.63, 3.8) is 0 Å². The Labute approximate surface area is 92.1 Å². The fourth-order valence-corrected chi connectivity index (χ4v) is 10.3. The lowest BCUT2D eigenvalue weighted by Crippen LogP contribution is -2.22. The molecule has 0 aromatic rings. The first-order chi connectivity index (χ1) is 6.54. The van der Waals surface area contributed by atoms with E-state index >= 15 is 0 Å². The molecule has 0 aromatic heterocycles. The second kappa shape index (κ2) is 5.04. The van der Waals surface area contributed by atoms with Gasteiger partial charge in [0.05, 0.1) is 0 Å². The Balaban J connectivity index is 5.65. The monoisotopic (exact) mass is 259 g/mol. The van der Waals surface area contributed by atoms with Gasteiger partial charge in [0, 0.05) is 0 Å². The third kappa shape index (κ3) is 3.63. The van der Waals surface area contributed by atoms with Crippen molar-refractivity contribution in [2.75, 3.05) is 0 Å². The van der Waals surface area contributed by atoms with E-state index in [0.29, 0.717) is 0 Å². The van der Waals surface area contributed by atoms with Crippen molar-refractivity contribution in [1.29, 1.82) is 0 Å². The molecular formula is C9H21F3NPSi. The van der Waals surface area contributed by atoms with E-state index in [0.717, 1.165) is 0 Å². The maximum atomic E-state index is 12.6. The van der Waals surface area contributed by atoms with Gasteiger partial charge in [-0.3, -0.25) is 0 Å². The predicted molar refractivity (Wildman–Crippen MR) is 63.8 cm³/mol. The third-order valence-corrected chi connectivity index (χ3v) is 10.0. The highest BCUT2D eigenvalue weighted by atomic mass is 31.2. The molecule has 15 heavy (non-hydrogen) atoms. The van der Waals surface area contributed by atoms with Crippen molar-refractivity contribution >= 4 is 16.3 Å². The molecule has 6 heteroatoms. The van der Waals surface area contributed by atoms with E-state index in [-0.39, 0.29) is 17.0 Å². The maximum absolute atomic E-state index is 12.6. The Bertz CT molecular complexity index is 230. The van der Waals surface area contributed by atoms with E-state index in [2.05, 4.69) is 4.41 Å². The summed E-state index contributed by atoms with van der Waals surface area (Å²) in [6, 6.07) is 0. The molecule has 0 bridgehead atoms. The van der Waals surface area contributed by atoms with Gasteiger partial charge in [-0.2, -0.15) is 0 Å². The van der Waals surface area contributed by atoms with Gasteiger partial charge in [-0.15, -0.1) is 0 Å². The van der Waals surface area contributed by atoms with Crippen LogP contribution in [0.5, 0.6) is 0 Å². The molecule has 0 rings (SSSR count). The molecule has 0 aliphatic rings. The lowest BCUT2D eigenvalue weighted by Gasteiger charge is -2.36. The maximum Gasteiger partial charge on any atom is 0.772 e. The molecular weight excluding hydrogens is 238 g/mol. The van der Waals surface area contributed by atoms with Crippen LogP contribution in [0, 0.1) is 0 Å². The molecule has 0 spiro atoms. The minimum atomic E-state index is -5.81. The van der Waals surface area contributed by atoms with Crippen LogP contribution in [-0.2, 0) is 0 Å². The molecule has 0 N–H and O–H groups in total. The molecule has 0 atom stereocenters. The topological polar surface area (TPSA) is 12.4 Å². The van der Waals surface area contributed by atoms with Gasteiger partial charge in [0.15, 0.2) is 0 Å². The molecule has 0 aliphatic heterocycles. The summed E-state index contributed by atoms with van der Waals surface area (Å²) in [7, 11) is -8.08. The standard InChI is InChI=1S/C9H21F3NPSi/c1-7(2)14(8(3)4,9(5)6)13-15(10,11)12/h7-9H,1-6H3. The van der Waals surface area contributed by atoms with Gasteiger partial charge in [0.1, 0.15) is 0 Å². The first-order valence-corrected chi connectivity index (χ1v) is 8.76. The zero-order valence-electron chi connectivity index (χ0n) is 10.3. The van der Waals surface area contributed by atoms with Crippen LogP contribution in [0.3, 0.4) is 0 Å². The molecule has 92 valence electrons. The van der Waals surface area contributed by atoms with E-state index in [1.54, 1.807) is 0 Å². The van der Waals surface area contributed by atoms with Crippen LogP contribution < -0.4 is 0 Å². The minimum Gasteiger partial charge on any atom is -0.248 e. The molecule has 0 aromatic carbocycles. The van der Waals surface area contributed by atoms with Crippen molar-refractivity contribution in [1.82, 2.24) is 0 Å². The Kier molecular flexibility index (Phi) is 5.12.